The number of esters is 1. The van der Waals surface area contributed by atoms with Crippen molar-refractivity contribution in [3.8, 4) is 0 Å². The third-order valence-corrected chi connectivity index (χ3v) is 4.90. The fraction of sp³-hybridized carbons (Fsp3) is 0.333. The summed E-state index contributed by atoms with van der Waals surface area (Å²) >= 11 is 0. The lowest BCUT2D eigenvalue weighted by Gasteiger charge is -2.22. The van der Waals surface area contributed by atoms with E-state index in [2.05, 4.69) is 10.6 Å². The number of ether oxygens (including phenoxy) is 1. The number of benzene rings is 1. The first-order valence-corrected chi connectivity index (χ1v) is 9.40. The van der Waals surface area contributed by atoms with Gasteiger partial charge in [-0.3, -0.25) is 19.3 Å². The molecular weight excluding hydrogens is 390 g/mol. The van der Waals surface area contributed by atoms with Gasteiger partial charge < -0.3 is 19.8 Å². The van der Waals surface area contributed by atoms with E-state index in [1.165, 1.54) is 6.26 Å². The second-order valence-corrected chi connectivity index (χ2v) is 7.28. The Kier molecular flexibility index (Phi) is 5.91. The SMILES string of the molecule is Cc1ccc([C@@]2(C)NC(=O)N(CC(=O)OCC(=O)N[C@H](C)c3ccco3)C2=O)cc1. The van der Waals surface area contributed by atoms with Crippen molar-refractivity contribution < 1.29 is 28.3 Å². The van der Waals surface area contributed by atoms with Crippen LogP contribution in [0.2, 0.25) is 0 Å². The molecule has 2 N–H and O–H groups in total. The van der Waals surface area contributed by atoms with Gasteiger partial charge in [0.15, 0.2) is 6.61 Å². The molecule has 0 aliphatic carbocycles. The summed E-state index contributed by atoms with van der Waals surface area (Å²) in [5.74, 6) is -1.41. The van der Waals surface area contributed by atoms with Crippen LogP contribution in [0.25, 0.3) is 0 Å². The summed E-state index contributed by atoms with van der Waals surface area (Å²) in [6, 6.07) is 9.47. The van der Waals surface area contributed by atoms with E-state index < -0.39 is 48.5 Å². The number of carbonyl (C=O) groups is 4. The number of nitrogens with one attached hydrogen (secondary N) is 2. The number of carbonyl (C=O) groups excluding carboxylic acids is 4. The molecular formula is C21H23N3O6. The van der Waals surface area contributed by atoms with Crippen molar-refractivity contribution >= 4 is 23.8 Å². The van der Waals surface area contributed by atoms with E-state index in [0.717, 1.165) is 10.5 Å². The molecule has 1 aromatic carbocycles. The quantitative estimate of drug-likeness (QED) is 0.528. The molecule has 0 saturated carbocycles. The standard InChI is InChI=1S/C21H23N3O6/c1-13-6-8-15(9-7-13)21(3)19(27)24(20(28)23-21)11-18(26)30-12-17(25)22-14(2)16-5-4-10-29-16/h4-10,14H,11-12H2,1-3H3,(H,22,25)(H,23,28)/t14-,21-/m1/s1. The molecule has 0 unspecified atom stereocenters. The summed E-state index contributed by atoms with van der Waals surface area (Å²) in [5.41, 5.74) is 0.341. The Balaban J connectivity index is 1.54. The molecule has 0 spiro atoms. The summed E-state index contributed by atoms with van der Waals surface area (Å²) in [7, 11) is 0. The summed E-state index contributed by atoms with van der Waals surface area (Å²) < 4.78 is 10.1. The number of aryl methyl sites for hydroxylation is 1. The van der Waals surface area contributed by atoms with Crippen LogP contribution in [0, 0.1) is 6.92 Å². The zero-order chi connectivity index (χ0) is 21.9. The number of imide groups is 1. The number of furan rings is 1. The molecule has 2 aromatic rings. The van der Waals surface area contributed by atoms with E-state index in [0.29, 0.717) is 11.3 Å². The maximum Gasteiger partial charge on any atom is 0.326 e. The van der Waals surface area contributed by atoms with Gasteiger partial charge in [0.25, 0.3) is 11.8 Å². The minimum Gasteiger partial charge on any atom is -0.467 e. The van der Waals surface area contributed by atoms with Crippen LogP contribution in [0.3, 0.4) is 0 Å². The highest BCUT2D eigenvalue weighted by Gasteiger charge is 2.49. The smallest absolute Gasteiger partial charge is 0.326 e. The topological polar surface area (TPSA) is 118 Å². The molecule has 2 heterocycles. The third-order valence-electron chi connectivity index (χ3n) is 4.90. The van der Waals surface area contributed by atoms with Gasteiger partial charge in [0.05, 0.1) is 12.3 Å². The van der Waals surface area contributed by atoms with Gasteiger partial charge in [-0.05, 0) is 38.5 Å². The van der Waals surface area contributed by atoms with Crippen LogP contribution >= 0.6 is 0 Å². The molecule has 1 fully saturated rings. The fourth-order valence-corrected chi connectivity index (χ4v) is 3.14. The van der Waals surface area contributed by atoms with Gasteiger partial charge >= 0.3 is 12.0 Å². The fourth-order valence-electron chi connectivity index (χ4n) is 3.14. The van der Waals surface area contributed by atoms with Crippen molar-refractivity contribution in [2.75, 3.05) is 13.2 Å². The lowest BCUT2D eigenvalue weighted by molar-refractivity contribution is -0.151. The number of hydrogen-bond acceptors (Lipinski definition) is 6. The van der Waals surface area contributed by atoms with Crippen molar-refractivity contribution in [1.29, 1.82) is 0 Å². The Morgan fingerprint density at radius 2 is 1.93 bits per heavy atom. The summed E-state index contributed by atoms with van der Waals surface area (Å²) in [5, 5.41) is 5.24. The highest BCUT2D eigenvalue weighted by atomic mass is 16.5. The molecule has 1 aliphatic rings. The van der Waals surface area contributed by atoms with Crippen LogP contribution in [-0.2, 0) is 24.7 Å². The second kappa shape index (κ2) is 8.40. The van der Waals surface area contributed by atoms with Crippen LogP contribution in [0.4, 0.5) is 4.79 Å². The lowest BCUT2D eigenvalue weighted by Crippen LogP contribution is -2.42. The first kappa shape index (κ1) is 21.1. The monoisotopic (exact) mass is 413 g/mol. The summed E-state index contributed by atoms with van der Waals surface area (Å²) in [4.78, 5) is 49.9. The Morgan fingerprint density at radius 1 is 1.23 bits per heavy atom. The van der Waals surface area contributed by atoms with Crippen LogP contribution in [0.5, 0.6) is 0 Å². The highest BCUT2D eigenvalue weighted by molar-refractivity contribution is 6.08. The molecule has 1 saturated heterocycles. The molecule has 4 amide bonds. The van der Waals surface area contributed by atoms with E-state index >= 15 is 0 Å². The molecule has 9 heteroatoms. The van der Waals surface area contributed by atoms with Crippen molar-refractivity contribution in [1.82, 2.24) is 15.5 Å². The molecule has 2 atom stereocenters. The van der Waals surface area contributed by atoms with Crippen molar-refractivity contribution in [2.24, 2.45) is 0 Å². The van der Waals surface area contributed by atoms with Gasteiger partial charge in [0.2, 0.25) is 0 Å². The van der Waals surface area contributed by atoms with E-state index in [1.807, 2.05) is 19.1 Å². The van der Waals surface area contributed by atoms with E-state index in [4.69, 9.17) is 9.15 Å². The van der Waals surface area contributed by atoms with Gasteiger partial charge in [-0.1, -0.05) is 29.8 Å². The average Bonchev–Trinajstić information content (AvgIpc) is 3.31. The van der Waals surface area contributed by atoms with Gasteiger partial charge in [-0.25, -0.2) is 4.79 Å². The van der Waals surface area contributed by atoms with Gasteiger partial charge in [0.1, 0.15) is 17.8 Å². The van der Waals surface area contributed by atoms with Crippen LogP contribution in [0.15, 0.2) is 47.1 Å². The Labute approximate surface area is 173 Å². The zero-order valence-corrected chi connectivity index (χ0v) is 16.9. The summed E-state index contributed by atoms with van der Waals surface area (Å²) in [6.07, 6.45) is 1.49. The maximum atomic E-state index is 12.8. The number of rotatable bonds is 7. The molecule has 3 rings (SSSR count). The first-order valence-electron chi connectivity index (χ1n) is 9.40. The first-order chi connectivity index (χ1) is 14.2. The molecule has 9 nitrogen and oxygen atoms in total. The Bertz CT molecular complexity index is 954. The van der Waals surface area contributed by atoms with E-state index in [1.54, 1.807) is 38.1 Å². The normalized spacial score (nSPS) is 19.4. The number of nitrogens with zero attached hydrogens (tertiary/aromatic N) is 1. The molecule has 0 radical (unpaired) electrons. The number of hydrogen-bond donors (Lipinski definition) is 2. The number of urea groups is 1. The average molecular weight is 413 g/mol. The predicted molar refractivity (Wildman–Crippen MR) is 105 cm³/mol. The Hall–Kier alpha value is -3.62. The Morgan fingerprint density at radius 3 is 2.57 bits per heavy atom. The van der Waals surface area contributed by atoms with E-state index in [-0.39, 0.29) is 0 Å². The van der Waals surface area contributed by atoms with Gasteiger partial charge in [0, 0.05) is 0 Å². The van der Waals surface area contributed by atoms with Crippen molar-refractivity contribution in [3.63, 3.8) is 0 Å². The molecule has 158 valence electrons. The van der Waals surface area contributed by atoms with Gasteiger partial charge in [-0.15, -0.1) is 0 Å². The maximum absolute atomic E-state index is 12.8. The van der Waals surface area contributed by atoms with Crippen LogP contribution in [0.1, 0.15) is 36.8 Å². The van der Waals surface area contributed by atoms with Crippen LogP contribution < -0.4 is 10.6 Å². The highest BCUT2D eigenvalue weighted by Crippen LogP contribution is 2.28. The summed E-state index contributed by atoms with van der Waals surface area (Å²) in [6.45, 7) is 4.08. The van der Waals surface area contributed by atoms with Crippen molar-refractivity contribution in [2.45, 2.75) is 32.4 Å². The zero-order valence-electron chi connectivity index (χ0n) is 16.9. The number of amides is 4. The predicted octanol–water partition coefficient (Wildman–Crippen LogP) is 1.78. The molecule has 0 bridgehead atoms. The largest absolute Gasteiger partial charge is 0.467 e. The van der Waals surface area contributed by atoms with E-state index in [9.17, 15) is 19.2 Å². The molecule has 1 aromatic heterocycles. The van der Waals surface area contributed by atoms with Crippen LogP contribution in [-0.4, -0.2) is 41.9 Å². The third kappa shape index (κ3) is 4.35. The lowest BCUT2D eigenvalue weighted by atomic mass is 9.91. The van der Waals surface area contributed by atoms with Crippen molar-refractivity contribution in [3.05, 3.63) is 59.5 Å². The minimum atomic E-state index is -1.28. The van der Waals surface area contributed by atoms with Gasteiger partial charge in [-0.2, -0.15) is 0 Å². The minimum absolute atomic E-state index is 0.396. The molecule has 1 aliphatic heterocycles. The molecule has 30 heavy (non-hydrogen) atoms. The second-order valence-electron chi connectivity index (χ2n) is 7.28.